The van der Waals surface area contributed by atoms with Crippen molar-refractivity contribution in [2.24, 2.45) is 0 Å². The Kier molecular flexibility index (Phi) is 4.08. The fraction of sp³-hybridized carbons (Fsp3) is 0.364. The highest BCUT2D eigenvalue weighted by atomic mass is 35.5. The second-order valence-electron chi connectivity index (χ2n) is 3.17. The van der Waals surface area contributed by atoms with Crippen molar-refractivity contribution in [3.8, 4) is 0 Å². The Bertz CT molecular complexity index is 323. The maximum Gasteiger partial charge on any atom is 0.122 e. The molecule has 1 aromatic rings. The summed E-state index contributed by atoms with van der Waals surface area (Å²) in [4.78, 5) is 10.2. The summed E-state index contributed by atoms with van der Waals surface area (Å²) < 4.78 is 12.9. The fourth-order valence-electron chi connectivity index (χ4n) is 1.23. The lowest BCUT2D eigenvalue weighted by Crippen LogP contribution is -1.91. The minimum atomic E-state index is -1.01. The van der Waals surface area contributed by atoms with E-state index in [4.69, 9.17) is 11.6 Å². The number of benzene rings is 1. The molecule has 0 aromatic heterocycles. The van der Waals surface area contributed by atoms with Crippen LogP contribution in [0.25, 0.3) is 0 Å². The third kappa shape index (κ3) is 2.81. The van der Waals surface area contributed by atoms with Gasteiger partial charge in [-0.05, 0) is 30.5 Å². The average molecular weight is 215 g/mol. The zero-order valence-corrected chi connectivity index (χ0v) is 8.72. The van der Waals surface area contributed by atoms with Gasteiger partial charge in [0.2, 0.25) is 0 Å². The van der Waals surface area contributed by atoms with Crippen LogP contribution in [0, 0.1) is 0 Å². The molecule has 14 heavy (non-hydrogen) atoms. The zero-order chi connectivity index (χ0) is 10.6. The molecule has 0 aliphatic carbocycles. The molecule has 0 fully saturated rings. The molecule has 0 heterocycles. The lowest BCUT2D eigenvalue weighted by Gasteiger charge is -2.06. The second-order valence-corrected chi connectivity index (χ2v) is 3.58. The third-order valence-electron chi connectivity index (χ3n) is 2.07. The first-order chi connectivity index (χ1) is 6.65. The van der Waals surface area contributed by atoms with Crippen molar-refractivity contribution < 1.29 is 9.18 Å². The number of aryl methyl sites for hydroxylation is 1. The zero-order valence-electron chi connectivity index (χ0n) is 7.97. The molecule has 76 valence electrons. The van der Waals surface area contributed by atoms with Gasteiger partial charge < -0.3 is 4.79 Å². The van der Waals surface area contributed by atoms with Crippen LogP contribution < -0.4 is 0 Å². The molecule has 0 spiro atoms. The minimum Gasteiger partial charge on any atom is -0.303 e. The summed E-state index contributed by atoms with van der Waals surface area (Å²) in [6.45, 7) is 1.47. The van der Waals surface area contributed by atoms with Gasteiger partial charge in [0.05, 0.1) is 0 Å². The van der Waals surface area contributed by atoms with Crippen LogP contribution in [-0.2, 0) is 11.2 Å². The Labute approximate surface area is 87.9 Å². The third-order valence-corrected chi connectivity index (χ3v) is 2.42. The summed E-state index contributed by atoms with van der Waals surface area (Å²) in [7, 11) is 0. The Hall–Kier alpha value is -0.890. The van der Waals surface area contributed by atoms with Crippen molar-refractivity contribution in [3.05, 3.63) is 34.3 Å². The van der Waals surface area contributed by atoms with Crippen molar-refractivity contribution in [3.63, 3.8) is 0 Å². The van der Waals surface area contributed by atoms with Crippen LogP contribution in [-0.4, -0.2) is 6.29 Å². The number of hydrogen-bond acceptors (Lipinski definition) is 1. The van der Waals surface area contributed by atoms with Crippen LogP contribution in [0.15, 0.2) is 18.2 Å². The van der Waals surface area contributed by atoms with Crippen LogP contribution in [0.4, 0.5) is 4.39 Å². The second kappa shape index (κ2) is 5.11. The summed E-state index contributed by atoms with van der Waals surface area (Å²) in [6, 6.07) is 5.10. The Balaban J connectivity index is 2.84. The lowest BCUT2D eigenvalue weighted by molar-refractivity contribution is -0.107. The van der Waals surface area contributed by atoms with Crippen molar-refractivity contribution in [2.45, 2.75) is 25.9 Å². The summed E-state index contributed by atoms with van der Waals surface area (Å²) in [5.41, 5.74) is 1.47. The van der Waals surface area contributed by atoms with Crippen LogP contribution in [0.1, 0.15) is 30.6 Å². The Morgan fingerprint density at radius 2 is 2.29 bits per heavy atom. The standard InChI is InChI=1S/C11H12ClFO/c1-8(13)10-5-4-9(3-2-6-14)11(12)7-10/h4-8H,2-3H2,1H3. The van der Waals surface area contributed by atoms with Gasteiger partial charge in [-0.15, -0.1) is 0 Å². The van der Waals surface area contributed by atoms with Gasteiger partial charge in [-0.3, -0.25) is 0 Å². The number of hydrogen-bond donors (Lipinski definition) is 0. The highest BCUT2D eigenvalue weighted by Crippen LogP contribution is 2.24. The number of carbonyl (C=O) groups is 1. The van der Waals surface area contributed by atoms with E-state index in [-0.39, 0.29) is 0 Å². The first kappa shape index (κ1) is 11.2. The van der Waals surface area contributed by atoms with E-state index in [1.165, 1.54) is 6.92 Å². The van der Waals surface area contributed by atoms with Gasteiger partial charge in [0.25, 0.3) is 0 Å². The van der Waals surface area contributed by atoms with E-state index in [0.717, 1.165) is 11.8 Å². The van der Waals surface area contributed by atoms with Gasteiger partial charge in [0.15, 0.2) is 0 Å². The highest BCUT2D eigenvalue weighted by molar-refractivity contribution is 6.31. The number of alkyl halides is 1. The first-order valence-electron chi connectivity index (χ1n) is 4.51. The molecule has 1 atom stereocenters. The molecule has 0 radical (unpaired) electrons. The molecule has 0 amide bonds. The van der Waals surface area contributed by atoms with Crippen molar-refractivity contribution in [2.75, 3.05) is 0 Å². The summed E-state index contributed by atoms with van der Waals surface area (Å²) in [5.74, 6) is 0. The Morgan fingerprint density at radius 1 is 1.57 bits per heavy atom. The molecule has 1 nitrogen and oxygen atoms in total. The topological polar surface area (TPSA) is 17.1 Å². The monoisotopic (exact) mass is 214 g/mol. The Morgan fingerprint density at radius 3 is 2.79 bits per heavy atom. The molecule has 3 heteroatoms. The average Bonchev–Trinajstić information content (AvgIpc) is 2.15. The molecule has 0 aliphatic rings. The van der Waals surface area contributed by atoms with Gasteiger partial charge in [0, 0.05) is 11.4 Å². The molecule has 0 saturated carbocycles. The maximum absolute atomic E-state index is 12.9. The van der Waals surface area contributed by atoms with Gasteiger partial charge in [-0.1, -0.05) is 23.7 Å². The molecule has 0 N–H and O–H groups in total. The van der Waals surface area contributed by atoms with Crippen molar-refractivity contribution in [1.29, 1.82) is 0 Å². The largest absolute Gasteiger partial charge is 0.303 e. The summed E-state index contributed by atoms with van der Waals surface area (Å²) in [5, 5.41) is 0.536. The van der Waals surface area contributed by atoms with E-state index in [0.29, 0.717) is 23.4 Å². The molecular formula is C11H12ClFO. The van der Waals surface area contributed by atoms with Gasteiger partial charge in [0.1, 0.15) is 12.5 Å². The number of aldehydes is 1. The van der Waals surface area contributed by atoms with E-state index in [1.807, 2.05) is 0 Å². The predicted octanol–water partition coefficient (Wildman–Crippen LogP) is 3.50. The quantitative estimate of drug-likeness (QED) is 0.702. The molecule has 1 unspecified atom stereocenters. The van der Waals surface area contributed by atoms with Gasteiger partial charge in [-0.25, -0.2) is 4.39 Å². The molecule has 0 bridgehead atoms. The van der Waals surface area contributed by atoms with E-state index >= 15 is 0 Å². The first-order valence-corrected chi connectivity index (χ1v) is 4.89. The van der Waals surface area contributed by atoms with Crippen molar-refractivity contribution >= 4 is 17.9 Å². The molecule has 0 saturated heterocycles. The van der Waals surface area contributed by atoms with Crippen LogP contribution in [0.2, 0.25) is 5.02 Å². The summed E-state index contributed by atoms with van der Waals surface area (Å²) >= 11 is 5.93. The van der Waals surface area contributed by atoms with E-state index in [1.54, 1.807) is 18.2 Å². The maximum atomic E-state index is 12.9. The van der Waals surface area contributed by atoms with Crippen LogP contribution in [0.3, 0.4) is 0 Å². The van der Waals surface area contributed by atoms with Gasteiger partial charge in [-0.2, -0.15) is 0 Å². The molecule has 1 rings (SSSR count). The van der Waals surface area contributed by atoms with E-state index in [2.05, 4.69) is 0 Å². The molecule has 0 aliphatic heterocycles. The van der Waals surface area contributed by atoms with Gasteiger partial charge >= 0.3 is 0 Å². The van der Waals surface area contributed by atoms with Crippen LogP contribution >= 0.6 is 11.6 Å². The highest BCUT2D eigenvalue weighted by Gasteiger charge is 2.06. The lowest BCUT2D eigenvalue weighted by atomic mass is 10.1. The number of carbonyl (C=O) groups excluding carboxylic acids is 1. The van der Waals surface area contributed by atoms with Crippen molar-refractivity contribution in [1.82, 2.24) is 0 Å². The van der Waals surface area contributed by atoms with Crippen LogP contribution in [0.5, 0.6) is 0 Å². The fourth-order valence-corrected chi connectivity index (χ4v) is 1.51. The molecular weight excluding hydrogens is 203 g/mol. The number of halogens is 2. The normalized spacial score (nSPS) is 12.5. The predicted molar refractivity (Wildman–Crippen MR) is 55.4 cm³/mol. The SMILES string of the molecule is CC(F)c1ccc(CCC=O)c(Cl)c1. The van der Waals surface area contributed by atoms with E-state index in [9.17, 15) is 9.18 Å². The molecule has 1 aromatic carbocycles. The van der Waals surface area contributed by atoms with E-state index < -0.39 is 6.17 Å². The summed E-state index contributed by atoms with van der Waals surface area (Å²) in [6.07, 6.45) is 0.905. The smallest absolute Gasteiger partial charge is 0.122 e. The minimum absolute atomic E-state index is 0.449. The number of rotatable bonds is 4.